The lowest BCUT2D eigenvalue weighted by molar-refractivity contribution is -0.137. The van der Waals surface area contributed by atoms with Gasteiger partial charge in [-0.15, -0.1) is 11.8 Å². The second kappa shape index (κ2) is 7.01. The number of aromatic nitrogens is 4. The van der Waals surface area contributed by atoms with E-state index in [1.165, 1.54) is 35.5 Å². The predicted molar refractivity (Wildman–Crippen MR) is 103 cm³/mol. The van der Waals surface area contributed by atoms with Crippen LogP contribution < -0.4 is 11.2 Å². The molecule has 29 heavy (non-hydrogen) atoms. The molecule has 10 heteroatoms. The molecule has 0 unspecified atom stereocenters. The molecule has 0 atom stereocenters. The van der Waals surface area contributed by atoms with Gasteiger partial charge in [0.2, 0.25) is 0 Å². The maximum absolute atomic E-state index is 12.7. The zero-order valence-electron chi connectivity index (χ0n) is 15.7. The van der Waals surface area contributed by atoms with E-state index in [2.05, 4.69) is 9.97 Å². The van der Waals surface area contributed by atoms with Crippen molar-refractivity contribution in [1.29, 1.82) is 0 Å². The lowest BCUT2D eigenvalue weighted by atomic mass is 10.1. The van der Waals surface area contributed by atoms with Crippen LogP contribution in [-0.2, 0) is 26.0 Å². The standard InChI is InChI=1S/C19H17F3N4O2S/c1-25-15-13(17(27)26(2)18(25)28)16(24-14(23-15)11-5-6-11)29-9-10-3-7-12(8-4-10)19(20,21)22/h3-4,7-8,11H,5-6,9H2,1-2H3. The molecule has 1 fully saturated rings. The zero-order valence-corrected chi connectivity index (χ0v) is 16.5. The molecule has 1 aliphatic rings. The van der Waals surface area contributed by atoms with Crippen molar-refractivity contribution in [1.82, 2.24) is 19.1 Å². The first-order valence-corrected chi connectivity index (χ1v) is 9.92. The highest BCUT2D eigenvalue weighted by molar-refractivity contribution is 7.98. The Morgan fingerprint density at radius 1 is 1.07 bits per heavy atom. The molecule has 0 N–H and O–H groups in total. The topological polar surface area (TPSA) is 69.8 Å². The Balaban J connectivity index is 1.75. The van der Waals surface area contributed by atoms with Crippen LogP contribution in [0, 0.1) is 0 Å². The van der Waals surface area contributed by atoms with Gasteiger partial charge in [0.25, 0.3) is 5.56 Å². The lowest BCUT2D eigenvalue weighted by Gasteiger charge is -2.12. The van der Waals surface area contributed by atoms with Gasteiger partial charge in [-0.1, -0.05) is 12.1 Å². The second-order valence-electron chi connectivity index (χ2n) is 7.05. The molecule has 1 aliphatic carbocycles. The molecule has 0 amide bonds. The Labute approximate surface area is 167 Å². The van der Waals surface area contributed by atoms with Crippen molar-refractivity contribution in [3.05, 3.63) is 62.1 Å². The Morgan fingerprint density at radius 2 is 1.72 bits per heavy atom. The zero-order chi connectivity index (χ0) is 20.9. The van der Waals surface area contributed by atoms with Gasteiger partial charge in [-0.3, -0.25) is 13.9 Å². The summed E-state index contributed by atoms with van der Waals surface area (Å²) in [6.45, 7) is 0. The van der Waals surface area contributed by atoms with E-state index >= 15 is 0 Å². The van der Waals surface area contributed by atoms with Crippen molar-refractivity contribution in [2.75, 3.05) is 0 Å². The van der Waals surface area contributed by atoms with E-state index in [0.717, 1.165) is 29.5 Å². The fourth-order valence-electron chi connectivity index (χ4n) is 3.02. The molecule has 3 aromatic rings. The Hall–Kier alpha value is -2.62. The molecule has 1 saturated carbocycles. The third-order valence-electron chi connectivity index (χ3n) is 4.88. The highest BCUT2D eigenvalue weighted by Gasteiger charge is 2.30. The second-order valence-corrected chi connectivity index (χ2v) is 8.01. The van der Waals surface area contributed by atoms with Crippen LogP contribution in [0.25, 0.3) is 11.0 Å². The van der Waals surface area contributed by atoms with Crippen LogP contribution in [0.3, 0.4) is 0 Å². The molecule has 0 bridgehead atoms. The first kappa shape index (κ1) is 19.7. The van der Waals surface area contributed by atoms with E-state index in [9.17, 15) is 22.8 Å². The number of benzene rings is 1. The average molecular weight is 422 g/mol. The van der Waals surface area contributed by atoms with Gasteiger partial charge in [0.15, 0.2) is 5.65 Å². The molecular weight excluding hydrogens is 405 g/mol. The van der Waals surface area contributed by atoms with Crippen LogP contribution >= 0.6 is 11.8 Å². The summed E-state index contributed by atoms with van der Waals surface area (Å²) in [4.78, 5) is 34.0. The highest BCUT2D eigenvalue weighted by atomic mass is 32.2. The molecule has 2 heterocycles. The molecule has 0 radical (unpaired) electrons. The van der Waals surface area contributed by atoms with Gasteiger partial charge in [-0.2, -0.15) is 13.2 Å². The summed E-state index contributed by atoms with van der Waals surface area (Å²) in [6.07, 6.45) is -2.48. The van der Waals surface area contributed by atoms with E-state index in [4.69, 9.17) is 0 Å². The number of fused-ring (bicyclic) bond motifs is 1. The van der Waals surface area contributed by atoms with E-state index in [-0.39, 0.29) is 17.0 Å². The minimum Gasteiger partial charge on any atom is -0.280 e. The third-order valence-corrected chi connectivity index (χ3v) is 5.93. The summed E-state index contributed by atoms with van der Waals surface area (Å²) < 4.78 is 40.5. The maximum atomic E-state index is 12.7. The van der Waals surface area contributed by atoms with Gasteiger partial charge >= 0.3 is 11.9 Å². The summed E-state index contributed by atoms with van der Waals surface area (Å²) in [7, 11) is 2.95. The van der Waals surface area contributed by atoms with Crippen LogP contribution in [0.5, 0.6) is 0 Å². The highest BCUT2D eigenvalue weighted by Crippen LogP contribution is 2.39. The van der Waals surface area contributed by atoms with Gasteiger partial charge in [0, 0.05) is 25.8 Å². The van der Waals surface area contributed by atoms with E-state index < -0.39 is 23.0 Å². The van der Waals surface area contributed by atoms with Crippen molar-refractivity contribution >= 4 is 22.8 Å². The van der Waals surface area contributed by atoms with Crippen LogP contribution in [0.15, 0.2) is 38.9 Å². The Kier molecular flexibility index (Phi) is 4.76. The number of hydrogen-bond donors (Lipinski definition) is 0. The monoisotopic (exact) mass is 422 g/mol. The van der Waals surface area contributed by atoms with Gasteiger partial charge < -0.3 is 0 Å². The average Bonchev–Trinajstić information content (AvgIpc) is 3.53. The van der Waals surface area contributed by atoms with Crippen LogP contribution in [0.1, 0.15) is 35.7 Å². The fraction of sp³-hybridized carbons (Fsp3) is 0.368. The van der Waals surface area contributed by atoms with Crippen molar-refractivity contribution in [2.24, 2.45) is 14.1 Å². The minimum absolute atomic E-state index is 0.212. The third kappa shape index (κ3) is 3.68. The summed E-state index contributed by atoms with van der Waals surface area (Å²) in [5.41, 5.74) is -0.713. The molecule has 1 aromatic carbocycles. The summed E-state index contributed by atoms with van der Waals surface area (Å²) in [6, 6.07) is 4.89. The van der Waals surface area contributed by atoms with E-state index in [1.54, 1.807) is 7.05 Å². The minimum atomic E-state index is -4.38. The Morgan fingerprint density at radius 3 is 2.31 bits per heavy atom. The van der Waals surface area contributed by atoms with Crippen LogP contribution in [0.2, 0.25) is 0 Å². The summed E-state index contributed by atoms with van der Waals surface area (Å²) in [5, 5.41) is 0.684. The largest absolute Gasteiger partial charge is 0.416 e. The van der Waals surface area contributed by atoms with E-state index in [1.807, 2.05) is 0 Å². The van der Waals surface area contributed by atoms with Gasteiger partial charge in [0.05, 0.1) is 5.56 Å². The molecule has 6 nitrogen and oxygen atoms in total. The number of alkyl halides is 3. The maximum Gasteiger partial charge on any atom is 0.416 e. The van der Waals surface area contributed by atoms with Gasteiger partial charge in [-0.25, -0.2) is 14.8 Å². The molecule has 2 aromatic heterocycles. The van der Waals surface area contributed by atoms with Gasteiger partial charge in [0.1, 0.15) is 16.2 Å². The SMILES string of the molecule is Cn1c(=O)c2c(SCc3ccc(C(F)(F)F)cc3)nc(C3CC3)nc2n(C)c1=O. The normalized spacial score (nSPS) is 14.5. The number of aryl methyl sites for hydroxylation is 1. The predicted octanol–water partition coefficient (Wildman–Crippen LogP) is 3.22. The number of halogens is 3. The molecule has 4 rings (SSSR count). The number of hydrogen-bond acceptors (Lipinski definition) is 5. The number of thioether (sulfide) groups is 1. The first-order chi connectivity index (χ1) is 13.7. The molecule has 0 aliphatic heterocycles. The van der Waals surface area contributed by atoms with Crippen molar-refractivity contribution in [3.8, 4) is 0 Å². The Bertz CT molecular complexity index is 1210. The van der Waals surface area contributed by atoms with Crippen molar-refractivity contribution < 1.29 is 13.2 Å². The number of rotatable bonds is 4. The molecular formula is C19H17F3N4O2S. The molecule has 152 valence electrons. The first-order valence-electron chi connectivity index (χ1n) is 8.93. The van der Waals surface area contributed by atoms with Gasteiger partial charge in [-0.05, 0) is 30.5 Å². The molecule has 0 saturated heterocycles. The summed E-state index contributed by atoms with van der Waals surface area (Å²) >= 11 is 1.25. The molecule has 0 spiro atoms. The van der Waals surface area contributed by atoms with E-state index in [0.29, 0.717) is 22.2 Å². The summed E-state index contributed by atoms with van der Waals surface area (Å²) in [5.74, 6) is 1.14. The smallest absolute Gasteiger partial charge is 0.280 e. The number of nitrogens with zero attached hydrogens (tertiary/aromatic N) is 4. The lowest BCUT2D eigenvalue weighted by Crippen LogP contribution is -2.37. The van der Waals surface area contributed by atoms with Crippen molar-refractivity contribution in [3.63, 3.8) is 0 Å². The fourth-order valence-corrected chi connectivity index (χ4v) is 3.99. The van der Waals surface area contributed by atoms with Crippen LogP contribution in [0.4, 0.5) is 13.2 Å². The quantitative estimate of drug-likeness (QED) is 0.477. The van der Waals surface area contributed by atoms with Crippen LogP contribution in [-0.4, -0.2) is 19.1 Å². The van der Waals surface area contributed by atoms with Crippen molar-refractivity contribution in [2.45, 2.75) is 35.7 Å².